The van der Waals surface area contributed by atoms with E-state index >= 15 is 0 Å². The largest absolute Gasteiger partial charge is 0.462 e. The van der Waals surface area contributed by atoms with Crippen LogP contribution in [0.15, 0.2) is 28.2 Å². The molecule has 2 aromatic heterocycles. The van der Waals surface area contributed by atoms with Crippen molar-refractivity contribution in [3.8, 4) is 10.8 Å². The van der Waals surface area contributed by atoms with E-state index < -0.39 is 0 Å². The Morgan fingerprint density at radius 1 is 1.48 bits per heavy atom. The molecule has 0 unspecified atom stereocenters. The SMILES string of the molecule is C[C@H]1CC[C@@H](C(N)=O)CN1C(=O)Cc1csc(-c2ccco2)n1. The van der Waals surface area contributed by atoms with Gasteiger partial charge in [0.1, 0.15) is 0 Å². The van der Waals surface area contributed by atoms with Crippen LogP contribution in [0.4, 0.5) is 0 Å². The third kappa shape index (κ3) is 3.44. The minimum absolute atomic E-state index is 0.0141. The molecule has 23 heavy (non-hydrogen) atoms. The third-order valence-electron chi connectivity index (χ3n) is 4.22. The van der Waals surface area contributed by atoms with E-state index in [1.54, 1.807) is 17.2 Å². The summed E-state index contributed by atoms with van der Waals surface area (Å²) in [6.07, 6.45) is 3.38. The minimum Gasteiger partial charge on any atom is -0.462 e. The number of furan rings is 1. The second-order valence-electron chi connectivity index (χ2n) is 5.87. The van der Waals surface area contributed by atoms with Gasteiger partial charge in [0, 0.05) is 18.0 Å². The molecule has 6 nitrogen and oxygen atoms in total. The molecule has 2 amide bonds. The van der Waals surface area contributed by atoms with Crippen LogP contribution in [0.1, 0.15) is 25.5 Å². The summed E-state index contributed by atoms with van der Waals surface area (Å²) in [6.45, 7) is 2.41. The zero-order valence-electron chi connectivity index (χ0n) is 12.9. The van der Waals surface area contributed by atoms with E-state index in [-0.39, 0.29) is 30.2 Å². The molecule has 122 valence electrons. The highest BCUT2D eigenvalue weighted by atomic mass is 32.1. The summed E-state index contributed by atoms with van der Waals surface area (Å²) in [5.41, 5.74) is 6.11. The van der Waals surface area contributed by atoms with Crippen molar-refractivity contribution in [1.29, 1.82) is 0 Å². The number of carbonyl (C=O) groups is 2. The van der Waals surface area contributed by atoms with Crippen LogP contribution >= 0.6 is 11.3 Å². The summed E-state index contributed by atoms with van der Waals surface area (Å²) in [5, 5.41) is 2.63. The Kier molecular flexibility index (Phi) is 4.47. The summed E-state index contributed by atoms with van der Waals surface area (Å²) in [5.74, 6) is 0.112. The maximum absolute atomic E-state index is 12.6. The normalized spacial score (nSPS) is 21.3. The van der Waals surface area contributed by atoms with E-state index in [2.05, 4.69) is 4.98 Å². The molecule has 0 saturated carbocycles. The monoisotopic (exact) mass is 333 g/mol. The van der Waals surface area contributed by atoms with Crippen LogP contribution in [-0.4, -0.2) is 34.3 Å². The number of hydrogen-bond acceptors (Lipinski definition) is 5. The molecule has 2 N–H and O–H groups in total. The number of primary amides is 1. The molecule has 2 aromatic rings. The lowest BCUT2D eigenvalue weighted by molar-refractivity contribution is -0.137. The van der Waals surface area contributed by atoms with Crippen molar-refractivity contribution >= 4 is 23.2 Å². The number of likely N-dealkylation sites (tertiary alicyclic amines) is 1. The summed E-state index contributed by atoms with van der Waals surface area (Å²) in [4.78, 5) is 30.1. The Morgan fingerprint density at radius 2 is 2.30 bits per heavy atom. The van der Waals surface area contributed by atoms with Crippen LogP contribution in [-0.2, 0) is 16.0 Å². The maximum atomic E-state index is 12.6. The number of aromatic nitrogens is 1. The molecular weight excluding hydrogens is 314 g/mol. The van der Waals surface area contributed by atoms with Gasteiger partial charge in [0.25, 0.3) is 0 Å². The average Bonchev–Trinajstić information content (AvgIpc) is 3.18. The van der Waals surface area contributed by atoms with Gasteiger partial charge in [0.05, 0.1) is 24.3 Å². The van der Waals surface area contributed by atoms with Crippen molar-refractivity contribution in [1.82, 2.24) is 9.88 Å². The Bertz CT molecular complexity index is 695. The highest BCUT2D eigenvalue weighted by Crippen LogP contribution is 2.26. The molecule has 0 aliphatic carbocycles. The van der Waals surface area contributed by atoms with E-state index in [9.17, 15) is 9.59 Å². The van der Waals surface area contributed by atoms with Gasteiger partial charge in [-0.2, -0.15) is 0 Å². The van der Waals surface area contributed by atoms with Gasteiger partial charge in [-0.25, -0.2) is 4.98 Å². The van der Waals surface area contributed by atoms with Crippen molar-refractivity contribution < 1.29 is 14.0 Å². The number of thiazole rings is 1. The van der Waals surface area contributed by atoms with Gasteiger partial charge >= 0.3 is 0 Å². The summed E-state index contributed by atoms with van der Waals surface area (Å²) >= 11 is 1.45. The molecule has 3 rings (SSSR count). The average molecular weight is 333 g/mol. The summed E-state index contributed by atoms with van der Waals surface area (Å²) in [7, 11) is 0. The fourth-order valence-corrected chi connectivity index (χ4v) is 3.63. The first-order valence-electron chi connectivity index (χ1n) is 7.61. The number of carbonyl (C=O) groups excluding carboxylic acids is 2. The molecule has 7 heteroatoms. The molecule has 2 atom stereocenters. The van der Waals surface area contributed by atoms with E-state index in [1.165, 1.54) is 11.3 Å². The van der Waals surface area contributed by atoms with E-state index in [0.717, 1.165) is 23.5 Å². The topological polar surface area (TPSA) is 89.4 Å². The van der Waals surface area contributed by atoms with Crippen molar-refractivity contribution in [2.45, 2.75) is 32.2 Å². The minimum atomic E-state index is -0.330. The van der Waals surface area contributed by atoms with Crippen LogP contribution in [0.2, 0.25) is 0 Å². The van der Waals surface area contributed by atoms with Crippen LogP contribution in [0.5, 0.6) is 0 Å². The molecule has 1 saturated heterocycles. The Labute approximate surface area is 138 Å². The molecule has 0 aromatic carbocycles. The number of piperidine rings is 1. The number of nitrogens with zero attached hydrogens (tertiary/aromatic N) is 2. The molecular formula is C16H19N3O3S. The molecule has 0 spiro atoms. The highest BCUT2D eigenvalue weighted by Gasteiger charge is 2.31. The van der Waals surface area contributed by atoms with Crippen molar-refractivity contribution in [3.05, 3.63) is 29.5 Å². The zero-order valence-corrected chi connectivity index (χ0v) is 13.7. The van der Waals surface area contributed by atoms with Crippen molar-refractivity contribution in [2.75, 3.05) is 6.54 Å². The fraction of sp³-hybridized carbons (Fsp3) is 0.438. The molecule has 3 heterocycles. The lowest BCUT2D eigenvalue weighted by Gasteiger charge is -2.36. The van der Waals surface area contributed by atoms with Crippen LogP contribution in [0.3, 0.4) is 0 Å². The molecule has 0 bridgehead atoms. The lowest BCUT2D eigenvalue weighted by Crippen LogP contribution is -2.49. The Hall–Kier alpha value is -2.15. The molecule has 0 radical (unpaired) electrons. The van der Waals surface area contributed by atoms with Crippen LogP contribution < -0.4 is 5.73 Å². The summed E-state index contributed by atoms with van der Waals surface area (Å²) in [6, 6.07) is 3.77. The van der Waals surface area contributed by atoms with Gasteiger partial charge in [0.15, 0.2) is 10.8 Å². The first kappa shape index (κ1) is 15.7. The molecule has 1 aliphatic rings. The number of rotatable bonds is 4. The molecule has 1 fully saturated rings. The second-order valence-corrected chi connectivity index (χ2v) is 6.73. The number of amides is 2. The van der Waals surface area contributed by atoms with Crippen LogP contribution in [0.25, 0.3) is 10.8 Å². The van der Waals surface area contributed by atoms with Gasteiger partial charge in [-0.3, -0.25) is 9.59 Å². The zero-order chi connectivity index (χ0) is 16.4. The van der Waals surface area contributed by atoms with Gasteiger partial charge in [-0.1, -0.05) is 0 Å². The van der Waals surface area contributed by atoms with E-state index in [0.29, 0.717) is 12.3 Å². The van der Waals surface area contributed by atoms with Gasteiger partial charge in [-0.15, -0.1) is 11.3 Å². The smallest absolute Gasteiger partial charge is 0.228 e. The van der Waals surface area contributed by atoms with Gasteiger partial charge in [-0.05, 0) is 31.9 Å². The lowest BCUT2D eigenvalue weighted by atomic mass is 9.92. The number of nitrogens with two attached hydrogens (primary N) is 1. The Balaban J connectivity index is 1.67. The highest BCUT2D eigenvalue weighted by molar-refractivity contribution is 7.13. The third-order valence-corrected chi connectivity index (χ3v) is 5.13. The first-order chi connectivity index (χ1) is 11.0. The molecule has 1 aliphatic heterocycles. The van der Waals surface area contributed by atoms with E-state index in [1.807, 2.05) is 18.4 Å². The van der Waals surface area contributed by atoms with Gasteiger partial charge in [0.2, 0.25) is 11.8 Å². The fourth-order valence-electron chi connectivity index (χ4n) is 2.84. The number of hydrogen-bond donors (Lipinski definition) is 1. The predicted molar refractivity (Wildman–Crippen MR) is 86.6 cm³/mol. The van der Waals surface area contributed by atoms with Crippen molar-refractivity contribution in [3.63, 3.8) is 0 Å². The van der Waals surface area contributed by atoms with Gasteiger partial charge < -0.3 is 15.1 Å². The van der Waals surface area contributed by atoms with Crippen molar-refractivity contribution in [2.24, 2.45) is 11.7 Å². The standard InChI is InChI=1S/C16H19N3O3S/c1-10-4-5-11(15(17)21)8-19(10)14(20)7-12-9-23-16(18-12)13-3-2-6-22-13/h2-3,6,9-11H,4-5,7-8H2,1H3,(H2,17,21)/t10-,11+/m0/s1. The predicted octanol–water partition coefficient (Wildman–Crippen LogP) is 2.06. The van der Waals surface area contributed by atoms with E-state index in [4.69, 9.17) is 10.2 Å². The van der Waals surface area contributed by atoms with Crippen LogP contribution in [0, 0.1) is 5.92 Å². The maximum Gasteiger partial charge on any atom is 0.228 e. The first-order valence-corrected chi connectivity index (χ1v) is 8.49. The summed E-state index contributed by atoms with van der Waals surface area (Å²) < 4.78 is 5.31. The quantitative estimate of drug-likeness (QED) is 0.927. The second kappa shape index (κ2) is 6.54. The Morgan fingerprint density at radius 3 is 3.00 bits per heavy atom.